The number of aromatic hydroxyl groups is 1. The van der Waals surface area contributed by atoms with E-state index < -0.39 is 0 Å². The molecule has 1 fully saturated rings. The molecule has 1 unspecified atom stereocenters. The zero-order valence-corrected chi connectivity index (χ0v) is 19.9. The third-order valence-corrected chi connectivity index (χ3v) is 7.05. The van der Waals surface area contributed by atoms with E-state index >= 15 is 0 Å². The SMILES string of the molecule is COc1ccc(C(c2sc3nc(C)nn3c2O)N2CCN(C(=O)c3ccco3)CC2)cc1OC. The maximum Gasteiger partial charge on any atom is 0.289 e. The summed E-state index contributed by atoms with van der Waals surface area (Å²) in [5, 5.41) is 15.4. The number of furan rings is 1. The number of methoxy groups -OCH3 is 2. The molecule has 1 atom stereocenters. The van der Waals surface area contributed by atoms with Gasteiger partial charge in [-0.3, -0.25) is 9.69 Å². The third-order valence-electron chi connectivity index (χ3n) is 5.98. The van der Waals surface area contributed by atoms with Gasteiger partial charge in [0.15, 0.2) is 17.3 Å². The first-order chi connectivity index (χ1) is 16.5. The second-order valence-electron chi connectivity index (χ2n) is 7.97. The minimum Gasteiger partial charge on any atom is -0.493 e. The van der Waals surface area contributed by atoms with Gasteiger partial charge in [0.25, 0.3) is 5.91 Å². The molecule has 1 saturated heterocycles. The first-order valence-corrected chi connectivity index (χ1v) is 11.7. The topological polar surface area (TPSA) is 106 Å². The monoisotopic (exact) mass is 483 g/mol. The summed E-state index contributed by atoms with van der Waals surface area (Å²) in [6.07, 6.45) is 1.50. The average molecular weight is 484 g/mol. The van der Waals surface area contributed by atoms with Gasteiger partial charge < -0.3 is 23.9 Å². The van der Waals surface area contributed by atoms with Crippen molar-refractivity contribution < 1.29 is 23.8 Å². The Kier molecular flexibility index (Phi) is 5.88. The summed E-state index contributed by atoms with van der Waals surface area (Å²) < 4.78 is 17.7. The van der Waals surface area contributed by atoms with Crippen molar-refractivity contribution in [3.63, 3.8) is 0 Å². The summed E-state index contributed by atoms with van der Waals surface area (Å²) in [6.45, 7) is 4.07. The normalized spacial score (nSPS) is 15.6. The van der Waals surface area contributed by atoms with Crippen LogP contribution in [0.4, 0.5) is 0 Å². The van der Waals surface area contributed by atoms with E-state index in [0.717, 1.165) is 10.4 Å². The number of rotatable bonds is 6. The number of nitrogens with zero attached hydrogens (tertiary/aromatic N) is 5. The lowest BCUT2D eigenvalue weighted by atomic mass is 10.0. The summed E-state index contributed by atoms with van der Waals surface area (Å²) in [6, 6.07) is 8.85. The Balaban J connectivity index is 1.49. The van der Waals surface area contributed by atoms with E-state index in [2.05, 4.69) is 15.0 Å². The Hall–Kier alpha value is -3.57. The van der Waals surface area contributed by atoms with E-state index in [0.29, 0.717) is 54.2 Å². The van der Waals surface area contributed by atoms with Crippen molar-refractivity contribution >= 4 is 22.2 Å². The summed E-state index contributed by atoms with van der Waals surface area (Å²) in [5.41, 5.74) is 0.931. The zero-order valence-electron chi connectivity index (χ0n) is 19.1. The lowest BCUT2D eigenvalue weighted by molar-refractivity contribution is 0.0567. The van der Waals surface area contributed by atoms with Gasteiger partial charge in [-0.15, -0.1) is 5.10 Å². The van der Waals surface area contributed by atoms with Gasteiger partial charge in [0.05, 0.1) is 31.4 Å². The van der Waals surface area contributed by atoms with Crippen LogP contribution in [0.25, 0.3) is 4.96 Å². The van der Waals surface area contributed by atoms with Gasteiger partial charge in [0.2, 0.25) is 10.8 Å². The fourth-order valence-corrected chi connectivity index (χ4v) is 5.48. The average Bonchev–Trinajstić information content (AvgIpc) is 3.58. The maximum absolute atomic E-state index is 12.7. The van der Waals surface area contributed by atoms with Crippen molar-refractivity contribution in [2.75, 3.05) is 40.4 Å². The molecule has 0 spiro atoms. The van der Waals surface area contributed by atoms with E-state index in [1.807, 2.05) is 18.2 Å². The molecule has 1 aliphatic heterocycles. The van der Waals surface area contributed by atoms with Crippen LogP contribution >= 0.6 is 11.3 Å². The van der Waals surface area contributed by atoms with Crippen molar-refractivity contribution in [2.24, 2.45) is 0 Å². The molecule has 1 N–H and O–H groups in total. The Bertz CT molecular complexity index is 1310. The number of carbonyl (C=O) groups is 1. The van der Waals surface area contributed by atoms with E-state index in [4.69, 9.17) is 13.9 Å². The molecule has 0 radical (unpaired) electrons. The van der Waals surface area contributed by atoms with Crippen LogP contribution in [-0.2, 0) is 0 Å². The molecule has 0 bridgehead atoms. The van der Waals surface area contributed by atoms with Gasteiger partial charge in [0, 0.05) is 26.2 Å². The number of piperazine rings is 1. The third kappa shape index (κ3) is 3.86. The number of carbonyl (C=O) groups excluding carboxylic acids is 1. The highest BCUT2D eigenvalue weighted by Crippen LogP contribution is 2.42. The zero-order chi connectivity index (χ0) is 23.8. The lowest BCUT2D eigenvalue weighted by Crippen LogP contribution is -2.49. The number of hydrogen-bond donors (Lipinski definition) is 1. The van der Waals surface area contributed by atoms with Crippen LogP contribution < -0.4 is 9.47 Å². The first kappa shape index (κ1) is 22.2. The minimum atomic E-state index is -0.283. The minimum absolute atomic E-state index is 0.0643. The Morgan fingerprint density at radius 3 is 2.56 bits per heavy atom. The second-order valence-corrected chi connectivity index (χ2v) is 8.97. The fourth-order valence-electron chi connectivity index (χ4n) is 4.32. The number of hydrogen-bond acceptors (Lipinski definition) is 9. The van der Waals surface area contributed by atoms with Crippen molar-refractivity contribution in [2.45, 2.75) is 13.0 Å². The number of fused-ring (bicyclic) bond motifs is 1. The van der Waals surface area contributed by atoms with Gasteiger partial charge in [-0.2, -0.15) is 4.52 Å². The van der Waals surface area contributed by atoms with E-state index in [1.165, 1.54) is 22.1 Å². The molecule has 178 valence electrons. The van der Waals surface area contributed by atoms with Crippen molar-refractivity contribution in [1.82, 2.24) is 24.4 Å². The van der Waals surface area contributed by atoms with Gasteiger partial charge >= 0.3 is 0 Å². The lowest BCUT2D eigenvalue weighted by Gasteiger charge is -2.39. The Labute approximate surface area is 199 Å². The molecule has 0 saturated carbocycles. The highest BCUT2D eigenvalue weighted by Gasteiger charge is 2.33. The number of aromatic nitrogens is 3. The summed E-state index contributed by atoms with van der Waals surface area (Å²) >= 11 is 1.40. The smallest absolute Gasteiger partial charge is 0.289 e. The molecule has 1 aromatic carbocycles. The van der Waals surface area contributed by atoms with Crippen molar-refractivity contribution in [1.29, 1.82) is 0 Å². The Morgan fingerprint density at radius 2 is 1.91 bits per heavy atom. The van der Waals surface area contributed by atoms with Gasteiger partial charge in [-0.25, -0.2) is 4.98 Å². The van der Waals surface area contributed by atoms with Crippen LogP contribution in [0.15, 0.2) is 41.0 Å². The quantitative estimate of drug-likeness (QED) is 0.446. The molecular weight excluding hydrogens is 458 g/mol. The van der Waals surface area contributed by atoms with Crippen LogP contribution in [-0.4, -0.2) is 75.8 Å². The molecule has 0 aliphatic carbocycles. The van der Waals surface area contributed by atoms with Crippen molar-refractivity contribution in [3.05, 3.63) is 58.6 Å². The number of aryl methyl sites for hydroxylation is 1. The van der Waals surface area contributed by atoms with Crippen LogP contribution in [0.1, 0.15) is 32.9 Å². The number of ether oxygens (including phenoxy) is 2. The molecule has 5 rings (SSSR count). The van der Waals surface area contributed by atoms with E-state index in [-0.39, 0.29) is 17.8 Å². The molecule has 34 heavy (non-hydrogen) atoms. The molecule has 1 amide bonds. The van der Waals surface area contributed by atoms with Crippen LogP contribution in [0, 0.1) is 6.92 Å². The predicted octanol–water partition coefficient (Wildman–Crippen LogP) is 2.96. The summed E-state index contributed by atoms with van der Waals surface area (Å²) in [7, 11) is 3.19. The van der Waals surface area contributed by atoms with Crippen LogP contribution in [0.5, 0.6) is 17.4 Å². The molecule has 3 aromatic heterocycles. The fraction of sp³-hybridized carbons (Fsp3) is 0.348. The van der Waals surface area contributed by atoms with E-state index in [9.17, 15) is 9.90 Å². The molecule has 4 aromatic rings. The molecule has 1 aliphatic rings. The Morgan fingerprint density at radius 1 is 1.15 bits per heavy atom. The summed E-state index contributed by atoms with van der Waals surface area (Å²) in [4.78, 5) is 22.5. The van der Waals surface area contributed by atoms with Crippen molar-refractivity contribution in [3.8, 4) is 17.4 Å². The molecular formula is C23H25N5O5S. The molecule has 4 heterocycles. The van der Waals surface area contributed by atoms with Gasteiger partial charge in [-0.05, 0) is 36.8 Å². The standard InChI is InChI=1S/C23H25N5O5S/c1-14-24-23-28(25-14)22(30)20(34-23)19(15-6-7-16(31-2)18(13-15)32-3)26-8-10-27(11-9-26)21(29)17-5-4-12-33-17/h4-7,12-13,19,30H,8-11H2,1-3H3. The number of thiazole rings is 1. The highest BCUT2D eigenvalue weighted by molar-refractivity contribution is 7.17. The first-order valence-electron chi connectivity index (χ1n) is 10.8. The number of benzene rings is 1. The second kappa shape index (κ2) is 8.99. The number of amides is 1. The van der Waals surface area contributed by atoms with Gasteiger partial charge in [-0.1, -0.05) is 17.4 Å². The maximum atomic E-state index is 12.7. The van der Waals surface area contributed by atoms with E-state index in [1.54, 1.807) is 38.2 Å². The summed E-state index contributed by atoms with van der Waals surface area (Å²) in [5.74, 6) is 2.11. The predicted molar refractivity (Wildman–Crippen MR) is 125 cm³/mol. The molecule has 10 nitrogen and oxygen atoms in total. The van der Waals surface area contributed by atoms with Gasteiger partial charge in [0.1, 0.15) is 5.82 Å². The largest absolute Gasteiger partial charge is 0.493 e. The highest BCUT2D eigenvalue weighted by atomic mass is 32.1. The van der Waals surface area contributed by atoms with Crippen LogP contribution in [0.2, 0.25) is 0 Å². The molecule has 11 heteroatoms. The van der Waals surface area contributed by atoms with Crippen LogP contribution in [0.3, 0.4) is 0 Å².